The number of nitrogens with one attached hydrogen (secondary N) is 1. The summed E-state index contributed by atoms with van der Waals surface area (Å²) in [5.74, 6) is 0. The largest absolute Gasteiger partial charge is 0.465 e. The zero-order valence-electron chi connectivity index (χ0n) is 11.6. The van der Waals surface area contributed by atoms with Crippen LogP contribution in [-0.2, 0) is 0 Å². The first kappa shape index (κ1) is 13.4. The molecule has 2 N–H and O–H groups in total. The van der Waals surface area contributed by atoms with Gasteiger partial charge in [0.2, 0.25) is 5.56 Å². The van der Waals surface area contributed by atoms with Gasteiger partial charge in [-0.1, -0.05) is 0 Å². The summed E-state index contributed by atoms with van der Waals surface area (Å²) in [7, 11) is 1.94. The molecule has 1 aliphatic rings. The number of H-pyrrole nitrogens is 1. The highest BCUT2D eigenvalue weighted by molar-refractivity contribution is 5.78. The van der Waals surface area contributed by atoms with Crippen molar-refractivity contribution in [2.75, 3.05) is 25.0 Å². The van der Waals surface area contributed by atoms with Gasteiger partial charge in [0.1, 0.15) is 5.65 Å². The molecule has 0 radical (unpaired) electrons. The molecule has 110 valence electrons. The van der Waals surface area contributed by atoms with E-state index < -0.39 is 6.09 Å². The first-order chi connectivity index (χ1) is 10.0. The maximum atomic E-state index is 11.2. The van der Waals surface area contributed by atoms with E-state index in [1.54, 1.807) is 12.3 Å². The topological polar surface area (TPSA) is 89.5 Å². The summed E-state index contributed by atoms with van der Waals surface area (Å²) >= 11 is 0. The molecule has 0 saturated carbocycles. The SMILES string of the molecule is CN(c1cnc2[nH]c(=O)ccc2c1)[C@H]1CCN(C(=O)O)C1. The Bertz CT molecular complexity index is 742. The summed E-state index contributed by atoms with van der Waals surface area (Å²) in [5, 5.41) is 9.87. The van der Waals surface area contributed by atoms with Crippen molar-refractivity contribution < 1.29 is 9.90 Å². The summed E-state index contributed by atoms with van der Waals surface area (Å²) < 4.78 is 0. The minimum Gasteiger partial charge on any atom is -0.465 e. The molecule has 1 fully saturated rings. The second-order valence-electron chi connectivity index (χ2n) is 5.24. The Morgan fingerprint density at radius 3 is 3.05 bits per heavy atom. The van der Waals surface area contributed by atoms with Gasteiger partial charge in [0.25, 0.3) is 0 Å². The van der Waals surface area contributed by atoms with Crippen LogP contribution in [0.2, 0.25) is 0 Å². The van der Waals surface area contributed by atoms with Crippen LogP contribution in [0.1, 0.15) is 6.42 Å². The monoisotopic (exact) mass is 288 g/mol. The number of carboxylic acid groups (broad SMARTS) is 1. The molecule has 1 amide bonds. The molecule has 0 spiro atoms. The Morgan fingerprint density at radius 1 is 1.52 bits per heavy atom. The van der Waals surface area contributed by atoms with Crippen LogP contribution in [0.15, 0.2) is 29.2 Å². The van der Waals surface area contributed by atoms with Gasteiger partial charge in [0.05, 0.1) is 11.9 Å². The van der Waals surface area contributed by atoms with Crippen molar-refractivity contribution in [1.29, 1.82) is 0 Å². The molecule has 0 unspecified atom stereocenters. The fraction of sp³-hybridized carbons (Fsp3) is 0.357. The summed E-state index contributed by atoms with van der Waals surface area (Å²) in [5.41, 5.74) is 1.29. The zero-order valence-corrected chi connectivity index (χ0v) is 11.6. The van der Waals surface area contributed by atoms with Gasteiger partial charge in [-0.2, -0.15) is 0 Å². The van der Waals surface area contributed by atoms with Crippen LogP contribution in [0.3, 0.4) is 0 Å². The number of fused-ring (bicyclic) bond motifs is 1. The number of amides is 1. The van der Waals surface area contributed by atoms with Crippen molar-refractivity contribution in [2.24, 2.45) is 0 Å². The number of nitrogens with zero attached hydrogens (tertiary/aromatic N) is 3. The number of hydrogen-bond donors (Lipinski definition) is 2. The number of carbonyl (C=O) groups is 1. The van der Waals surface area contributed by atoms with Gasteiger partial charge >= 0.3 is 6.09 Å². The van der Waals surface area contributed by atoms with Gasteiger partial charge in [0.15, 0.2) is 0 Å². The maximum Gasteiger partial charge on any atom is 0.407 e. The van der Waals surface area contributed by atoms with Crippen molar-refractivity contribution in [1.82, 2.24) is 14.9 Å². The average Bonchev–Trinajstić information content (AvgIpc) is 2.96. The predicted octanol–water partition coefficient (Wildman–Crippen LogP) is 1.11. The molecular formula is C14H16N4O3. The smallest absolute Gasteiger partial charge is 0.407 e. The highest BCUT2D eigenvalue weighted by Gasteiger charge is 2.28. The van der Waals surface area contributed by atoms with Crippen LogP contribution >= 0.6 is 0 Å². The second-order valence-corrected chi connectivity index (χ2v) is 5.24. The normalized spacial score (nSPS) is 18.1. The summed E-state index contributed by atoms with van der Waals surface area (Å²) in [6, 6.07) is 5.29. The summed E-state index contributed by atoms with van der Waals surface area (Å²) in [4.78, 5) is 32.6. The highest BCUT2D eigenvalue weighted by atomic mass is 16.4. The van der Waals surface area contributed by atoms with Gasteiger partial charge in [-0.3, -0.25) is 4.79 Å². The minimum absolute atomic E-state index is 0.142. The van der Waals surface area contributed by atoms with E-state index in [1.165, 1.54) is 11.0 Å². The van der Waals surface area contributed by atoms with Crippen LogP contribution in [0, 0.1) is 0 Å². The number of hydrogen-bond acceptors (Lipinski definition) is 4. The number of aromatic nitrogens is 2. The van der Waals surface area contributed by atoms with Gasteiger partial charge in [-0.25, -0.2) is 9.78 Å². The lowest BCUT2D eigenvalue weighted by Crippen LogP contribution is -2.36. The average molecular weight is 288 g/mol. The number of likely N-dealkylation sites (N-methyl/N-ethyl adjacent to an activating group) is 1. The minimum atomic E-state index is -0.875. The highest BCUT2D eigenvalue weighted by Crippen LogP contribution is 2.23. The molecular weight excluding hydrogens is 272 g/mol. The van der Waals surface area contributed by atoms with Crippen molar-refractivity contribution in [3.63, 3.8) is 0 Å². The summed E-state index contributed by atoms with van der Waals surface area (Å²) in [6.45, 7) is 1.05. The Labute approximate surface area is 120 Å². The molecule has 0 aliphatic carbocycles. The predicted molar refractivity (Wildman–Crippen MR) is 78.8 cm³/mol. The van der Waals surface area contributed by atoms with Crippen LogP contribution < -0.4 is 10.5 Å². The first-order valence-electron chi connectivity index (χ1n) is 6.74. The number of rotatable bonds is 2. The molecule has 0 bridgehead atoms. The van der Waals surface area contributed by atoms with E-state index in [2.05, 4.69) is 9.97 Å². The van der Waals surface area contributed by atoms with E-state index in [0.29, 0.717) is 18.7 Å². The molecule has 7 heteroatoms. The van der Waals surface area contributed by atoms with E-state index in [9.17, 15) is 9.59 Å². The number of pyridine rings is 2. The van der Waals surface area contributed by atoms with Crippen molar-refractivity contribution >= 4 is 22.8 Å². The van der Waals surface area contributed by atoms with Gasteiger partial charge in [-0.05, 0) is 18.6 Å². The van der Waals surface area contributed by atoms with E-state index in [4.69, 9.17) is 5.11 Å². The van der Waals surface area contributed by atoms with E-state index in [1.807, 2.05) is 18.0 Å². The number of aromatic amines is 1. The van der Waals surface area contributed by atoms with Crippen LogP contribution in [0.4, 0.5) is 10.5 Å². The Morgan fingerprint density at radius 2 is 2.33 bits per heavy atom. The van der Waals surface area contributed by atoms with Gasteiger partial charge in [-0.15, -0.1) is 0 Å². The van der Waals surface area contributed by atoms with Crippen molar-refractivity contribution in [3.05, 3.63) is 34.7 Å². The van der Waals surface area contributed by atoms with E-state index >= 15 is 0 Å². The molecule has 3 heterocycles. The van der Waals surface area contributed by atoms with Gasteiger partial charge < -0.3 is 19.9 Å². The zero-order chi connectivity index (χ0) is 15.0. The van der Waals surface area contributed by atoms with Gasteiger partial charge in [0, 0.05) is 37.6 Å². The van der Waals surface area contributed by atoms with Crippen molar-refractivity contribution in [3.8, 4) is 0 Å². The lowest BCUT2D eigenvalue weighted by atomic mass is 10.2. The Balaban J connectivity index is 1.85. The standard InChI is InChI=1S/C14H16N4O3/c1-17(10-4-5-18(8-10)14(20)21)11-6-9-2-3-12(19)16-13(9)15-7-11/h2-3,6-7,10H,4-5,8H2,1H3,(H,20,21)(H,15,16,19)/t10-/m0/s1. The second kappa shape index (κ2) is 5.08. The number of anilines is 1. The molecule has 2 aromatic rings. The van der Waals surface area contributed by atoms with E-state index in [0.717, 1.165) is 17.5 Å². The quantitative estimate of drug-likeness (QED) is 0.864. The molecule has 3 rings (SSSR count). The Hall–Kier alpha value is -2.57. The lowest BCUT2D eigenvalue weighted by Gasteiger charge is -2.26. The molecule has 21 heavy (non-hydrogen) atoms. The third-order valence-electron chi connectivity index (χ3n) is 3.95. The van der Waals surface area contributed by atoms with Crippen LogP contribution in [-0.4, -0.2) is 52.2 Å². The Kier molecular flexibility index (Phi) is 3.25. The summed E-state index contributed by atoms with van der Waals surface area (Å²) in [6.07, 6.45) is 1.62. The third kappa shape index (κ3) is 2.54. The molecule has 1 atom stereocenters. The molecule has 7 nitrogen and oxygen atoms in total. The first-order valence-corrected chi connectivity index (χ1v) is 6.74. The molecule has 1 aliphatic heterocycles. The molecule has 0 aromatic carbocycles. The fourth-order valence-corrected chi connectivity index (χ4v) is 2.66. The number of likely N-dealkylation sites (tertiary alicyclic amines) is 1. The van der Waals surface area contributed by atoms with Crippen LogP contribution in [0.25, 0.3) is 11.0 Å². The lowest BCUT2D eigenvalue weighted by molar-refractivity contribution is 0.155. The molecule has 1 saturated heterocycles. The fourth-order valence-electron chi connectivity index (χ4n) is 2.66. The maximum absolute atomic E-state index is 11.2. The third-order valence-corrected chi connectivity index (χ3v) is 3.95. The van der Waals surface area contributed by atoms with E-state index in [-0.39, 0.29) is 11.6 Å². The molecule has 2 aromatic heterocycles. The van der Waals surface area contributed by atoms with Crippen molar-refractivity contribution in [2.45, 2.75) is 12.5 Å². The van der Waals surface area contributed by atoms with Crippen LogP contribution in [0.5, 0.6) is 0 Å².